The number of ether oxygens (including phenoxy) is 2. The van der Waals surface area contributed by atoms with E-state index in [9.17, 15) is 19.5 Å². The predicted molar refractivity (Wildman–Crippen MR) is 94.2 cm³/mol. The van der Waals surface area contributed by atoms with Crippen molar-refractivity contribution in [1.82, 2.24) is 9.55 Å². The molecule has 0 aliphatic carbocycles. The summed E-state index contributed by atoms with van der Waals surface area (Å²) in [7, 11) is 1.27. The van der Waals surface area contributed by atoms with Crippen LogP contribution in [0.15, 0.2) is 28.2 Å². The first-order chi connectivity index (χ1) is 12.4. The summed E-state index contributed by atoms with van der Waals surface area (Å²) in [5, 5.41) is 9.90. The molecule has 1 N–H and O–H groups in total. The number of aliphatic hydroxyl groups is 1. The van der Waals surface area contributed by atoms with Crippen molar-refractivity contribution >= 4 is 34.6 Å². The number of aliphatic hydroxyl groups excluding tert-OH is 1. The number of aromatic nitrogens is 2. The number of cyclic esters (lactones) is 1. The maximum Gasteiger partial charge on any atom is 0.337 e. The van der Waals surface area contributed by atoms with Crippen LogP contribution < -0.4 is 5.56 Å². The zero-order chi connectivity index (χ0) is 18.8. The number of benzene rings is 1. The van der Waals surface area contributed by atoms with E-state index in [0.717, 1.165) is 11.8 Å². The summed E-state index contributed by atoms with van der Waals surface area (Å²) >= 11 is 1.13. The van der Waals surface area contributed by atoms with Crippen molar-refractivity contribution < 1.29 is 24.2 Å². The van der Waals surface area contributed by atoms with Crippen LogP contribution in [0.5, 0.6) is 0 Å². The molecule has 138 valence electrons. The second-order valence-electron chi connectivity index (χ2n) is 5.95. The minimum atomic E-state index is -0.767. The third kappa shape index (κ3) is 3.58. The minimum Gasteiger partial charge on any atom is -0.465 e. The topological polar surface area (TPSA) is 108 Å². The van der Waals surface area contributed by atoms with E-state index in [1.165, 1.54) is 29.9 Å². The standard InChI is InChI=1S/C17H18N2O6S/c1-9(20)8-19-14(21)11-4-3-10(15(22)24-2)7-12(11)18-17(19)26-13-5-6-25-16(13)23/h3-4,7,9,13,20H,5-6,8H2,1-2H3/t9-,13-/m0/s1. The third-order valence-corrected chi connectivity index (χ3v) is 5.16. The van der Waals surface area contributed by atoms with Gasteiger partial charge in [-0.25, -0.2) is 9.78 Å². The normalized spacial score (nSPS) is 18.0. The Kier molecular flexibility index (Phi) is 5.28. The van der Waals surface area contributed by atoms with Gasteiger partial charge in [-0.1, -0.05) is 11.8 Å². The third-order valence-electron chi connectivity index (χ3n) is 3.92. The van der Waals surface area contributed by atoms with Gasteiger partial charge in [0.15, 0.2) is 5.16 Å². The monoisotopic (exact) mass is 378 g/mol. The average Bonchev–Trinajstić information content (AvgIpc) is 3.01. The lowest BCUT2D eigenvalue weighted by atomic mass is 10.1. The number of methoxy groups -OCH3 is 1. The number of thioether (sulfide) groups is 1. The fraction of sp³-hybridized carbons (Fsp3) is 0.412. The van der Waals surface area contributed by atoms with Gasteiger partial charge in [-0.05, 0) is 25.1 Å². The molecule has 9 heteroatoms. The summed E-state index contributed by atoms with van der Waals surface area (Å²) in [6, 6.07) is 4.48. The number of carbonyl (C=O) groups excluding carboxylic acids is 2. The molecule has 2 atom stereocenters. The molecule has 26 heavy (non-hydrogen) atoms. The number of rotatable bonds is 5. The van der Waals surface area contributed by atoms with Gasteiger partial charge in [0.05, 0.1) is 42.8 Å². The highest BCUT2D eigenvalue weighted by atomic mass is 32.2. The van der Waals surface area contributed by atoms with Crippen molar-refractivity contribution in [3.63, 3.8) is 0 Å². The van der Waals surface area contributed by atoms with Gasteiger partial charge in [0.1, 0.15) is 5.25 Å². The second-order valence-corrected chi connectivity index (χ2v) is 7.12. The van der Waals surface area contributed by atoms with Crippen LogP contribution in [-0.2, 0) is 20.8 Å². The molecule has 0 spiro atoms. The molecule has 1 aromatic heterocycles. The van der Waals surface area contributed by atoms with E-state index in [-0.39, 0.29) is 23.6 Å². The molecule has 1 saturated heterocycles. The van der Waals surface area contributed by atoms with Crippen molar-refractivity contribution in [3.05, 3.63) is 34.1 Å². The van der Waals surface area contributed by atoms with Crippen LogP contribution in [0.4, 0.5) is 0 Å². The first-order valence-electron chi connectivity index (χ1n) is 8.05. The Balaban J connectivity index is 2.13. The van der Waals surface area contributed by atoms with Crippen LogP contribution in [-0.4, -0.2) is 51.7 Å². The zero-order valence-corrected chi connectivity index (χ0v) is 15.1. The van der Waals surface area contributed by atoms with Gasteiger partial charge in [-0.3, -0.25) is 14.2 Å². The Hall–Kier alpha value is -2.39. The lowest BCUT2D eigenvalue weighted by Gasteiger charge is -2.16. The number of hydrogen-bond acceptors (Lipinski definition) is 8. The lowest BCUT2D eigenvalue weighted by molar-refractivity contribution is -0.137. The van der Waals surface area contributed by atoms with Crippen LogP contribution in [0.3, 0.4) is 0 Å². The van der Waals surface area contributed by atoms with Crippen molar-refractivity contribution in [1.29, 1.82) is 0 Å². The molecule has 0 amide bonds. The van der Waals surface area contributed by atoms with Crippen LogP contribution in [0.25, 0.3) is 10.9 Å². The molecule has 1 aromatic carbocycles. The molecular formula is C17H18N2O6S. The van der Waals surface area contributed by atoms with Crippen molar-refractivity contribution in [2.24, 2.45) is 0 Å². The maximum absolute atomic E-state index is 12.9. The Morgan fingerprint density at radius 3 is 2.88 bits per heavy atom. The van der Waals surface area contributed by atoms with Gasteiger partial charge in [0.25, 0.3) is 5.56 Å². The molecule has 8 nitrogen and oxygen atoms in total. The minimum absolute atomic E-state index is 0.0463. The van der Waals surface area contributed by atoms with Crippen molar-refractivity contribution in [2.45, 2.75) is 36.4 Å². The predicted octanol–water partition coefficient (Wildman–Crippen LogP) is 0.972. The summed E-state index contributed by atoms with van der Waals surface area (Å²) in [6.45, 7) is 1.94. The lowest BCUT2D eigenvalue weighted by Crippen LogP contribution is -2.28. The Morgan fingerprint density at radius 1 is 1.50 bits per heavy atom. The second kappa shape index (κ2) is 7.46. The van der Waals surface area contributed by atoms with E-state index in [0.29, 0.717) is 29.1 Å². The fourth-order valence-corrected chi connectivity index (χ4v) is 3.74. The highest BCUT2D eigenvalue weighted by molar-refractivity contribution is 8.00. The summed E-state index contributed by atoms with van der Waals surface area (Å²) in [4.78, 5) is 40.8. The molecular weight excluding hydrogens is 360 g/mol. The van der Waals surface area contributed by atoms with Crippen LogP contribution in [0.1, 0.15) is 23.7 Å². The number of fused-ring (bicyclic) bond motifs is 1. The molecule has 1 fully saturated rings. The number of hydrogen-bond donors (Lipinski definition) is 1. The van der Waals surface area contributed by atoms with Gasteiger partial charge < -0.3 is 14.6 Å². The smallest absolute Gasteiger partial charge is 0.337 e. The zero-order valence-electron chi connectivity index (χ0n) is 14.3. The van der Waals surface area contributed by atoms with Crippen molar-refractivity contribution in [3.8, 4) is 0 Å². The van der Waals surface area contributed by atoms with E-state index in [4.69, 9.17) is 9.47 Å². The van der Waals surface area contributed by atoms with Gasteiger partial charge in [-0.2, -0.15) is 0 Å². The molecule has 0 bridgehead atoms. The summed E-state index contributed by atoms with van der Waals surface area (Å²) < 4.78 is 11.0. The number of nitrogens with zero attached hydrogens (tertiary/aromatic N) is 2. The summed E-state index contributed by atoms with van der Waals surface area (Å²) in [6.07, 6.45) is -0.245. The molecule has 0 unspecified atom stereocenters. The van der Waals surface area contributed by atoms with Crippen LogP contribution in [0, 0.1) is 0 Å². The molecule has 0 radical (unpaired) electrons. The number of esters is 2. The Morgan fingerprint density at radius 2 is 2.27 bits per heavy atom. The first-order valence-corrected chi connectivity index (χ1v) is 8.93. The summed E-state index contributed by atoms with van der Waals surface area (Å²) in [5.41, 5.74) is 0.256. The van der Waals surface area contributed by atoms with E-state index in [1.54, 1.807) is 6.92 Å². The van der Waals surface area contributed by atoms with E-state index in [2.05, 4.69) is 4.98 Å². The van der Waals surface area contributed by atoms with E-state index < -0.39 is 17.3 Å². The van der Waals surface area contributed by atoms with Crippen LogP contribution >= 0.6 is 11.8 Å². The molecule has 0 saturated carbocycles. The SMILES string of the molecule is COC(=O)c1ccc2c(=O)n(C[C@H](C)O)c(S[C@H]3CCOC3=O)nc2c1. The van der Waals surface area contributed by atoms with Gasteiger partial charge in [0.2, 0.25) is 0 Å². The van der Waals surface area contributed by atoms with Gasteiger partial charge in [0, 0.05) is 6.42 Å². The summed E-state index contributed by atoms with van der Waals surface area (Å²) in [5.74, 6) is -0.883. The number of carbonyl (C=O) groups is 2. The quantitative estimate of drug-likeness (QED) is 0.606. The van der Waals surface area contributed by atoms with Gasteiger partial charge >= 0.3 is 11.9 Å². The maximum atomic E-state index is 12.9. The average molecular weight is 378 g/mol. The molecule has 1 aliphatic heterocycles. The van der Waals surface area contributed by atoms with E-state index in [1.807, 2.05) is 0 Å². The Bertz CT molecular complexity index is 923. The van der Waals surface area contributed by atoms with Crippen LogP contribution in [0.2, 0.25) is 0 Å². The molecule has 1 aliphatic rings. The largest absolute Gasteiger partial charge is 0.465 e. The molecule has 3 rings (SSSR count). The Labute approximate surface area is 153 Å². The highest BCUT2D eigenvalue weighted by Gasteiger charge is 2.29. The van der Waals surface area contributed by atoms with Gasteiger partial charge in [-0.15, -0.1) is 0 Å². The fourth-order valence-electron chi connectivity index (χ4n) is 2.67. The first kappa shape index (κ1) is 18.4. The molecule has 2 heterocycles. The highest BCUT2D eigenvalue weighted by Crippen LogP contribution is 2.29. The molecule has 2 aromatic rings. The van der Waals surface area contributed by atoms with E-state index >= 15 is 0 Å². The van der Waals surface area contributed by atoms with Crippen molar-refractivity contribution in [2.75, 3.05) is 13.7 Å².